The van der Waals surface area contributed by atoms with Gasteiger partial charge in [0.15, 0.2) is 0 Å². The van der Waals surface area contributed by atoms with Crippen LogP contribution in [0, 0.1) is 0 Å². The summed E-state index contributed by atoms with van der Waals surface area (Å²) in [5.74, 6) is 0. The molecule has 1 heteroatoms. The van der Waals surface area contributed by atoms with Gasteiger partial charge in [-0.15, -0.1) is 0 Å². The molecule has 0 amide bonds. The van der Waals surface area contributed by atoms with E-state index in [0.717, 1.165) is 12.8 Å². The fourth-order valence-corrected chi connectivity index (χ4v) is 1.28. The second-order valence-electron chi connectivity index (χ2n) is 3.35. The number of hydrogen-bond donors (Lipinski definition) is 1. The Bertz CT molecular complexity index is 223. The molecule has 0 saturated heterocycles. The summed E-state index contributed by atoms with van der Waals surface area (Å²) in [7, 11) is 0. The van der Waals surface area contributed by atoms with E-state index in [1.165, 1.54) is 11.1 Å². The maximum Gasteiger partial charge on any atom is 0.00509 e. The zero-order valence-electron chi connectivity index (χ0n) is 7.88. The first-order valence-corrected chi connectivity index (χ1v) is 4.55. The normalized spacial score (nSPS) is 12.9. The lowest BCUT2D eigenvalue weighted by Crippen LogP contribution is -2.17. The molecule has 66 valence electrons. The minimum Gasteiger partial charge on any atom is -0.328 e. The van der Waals surface area contributed by atoms with Gasteiger partial charge < -0.3 is 5.73 Å². The quantitative estimate of drug-likeness (QED) is 0.726. The average Bonchev–Trinajstić information content (AvgIpc) is 2.05. The topological polar surface area (TPSA) is 26.0 Å². The van der Waals surface area contributed by atoms with Gasteiger partial charge in [0.25, 0.3) is 0 Å². The van der Waals surface area contributed by atoms with Crippen LogP contribution in [-0.4, -0.2) is 6.04 Å². The lowest BCUT2D eigenvalue weighted by atomic mass is 10.0. The van der Waals surface area contributed by atoms with Crippen molar-refractivity contribution in [2.45, 2.75) is 32.7 Å². The van der Waals surface area contributed by atoms with E-state index in [1.807, 2.05) is 6.92 Å². The van der Waals surface area contributed by atoms with Crippen LogP contribution in [0.5, 0.6) is 0 Å². The standard InChI is InChI=1S/C11H17N/c1-3-10-4-6-11(7-5-10)8-9(2)12/h4-7,9H,3,8,12H2,1-2H3. The highest BCUT2D eigenvalue weighted by Gasteiger charge is 1.96. The van der Waals surface area contributed by atoms with E-state index >= 15 is 0 Å². The highest BCUT2D eigenvalue weighted by atomic mass is 14.6. The Labute approximate surface area is 74.6 Å². The third-order valence-electron chi connectivity index (χ3n) is 1.99. The average molecular weight is 163 g/mol. The minimum absolute atomic E-state index is 0.262. The van der Waals surface area contributed by atoms with Gasteiger partial charge in [-0.25, -0.2) is 0 Å². The molecule has 1 atom stereocenters. The van der Waals surface area contributed by atoms with Gasteiger partial charge in [0.05, 0.1) is 0 Å². The van der Waals surface area contributed by atoms with Crippen LogP contribution in [-0.2, 0) is 12.8 Å². The predicted molar refractivity (Wildman–Crippen MR) is 53.2 cm³/mol. The summed E-state index contributed by atoms with van der Waals surface area (Å²) in [6.07, 6.45) is 2.09. The zero-order valence-corrected chi connectivity index (χ0v) is 7.88. The maximum absolute atomic E-state index is 5.69. The van der Waals surface area contributed by atoms with Crippen LogP contribution in [0.2, 0.25) is 0 Å². The van der Waals surface area contributed by atoms with Crippen LogP contribution < -0.4 is 5.73 Å². The molecule has 0 aliphatic heterocycles. The van der Waals surface area contributed by atoms with Crippen LogP contribution >= 0.6 is 0 Å². The van der Waals surface area contributed by atoms with Crippen LogP contribution in [0.4, 0.5) is 0 Å². The van der Waals surface area contributed by atoms with E-state index in [4.69, 9.17) is 5.73 Å². The highest BCUT2D eigenvalue weighted by molar-refractivity contribution is 5.22. The molecule has 0 aromatic heterocycles. The second kappa shape index (κ2) is 4.27. The Kier molecular flexibility index (Phi) is 3.30. The summed E-state index contributed by atoms with van der Waals surface area (Å²) in [5.41, 5.74) is 8.42. The van der Waals surface area contributed by atoms with E-state index in [-0.39, 0.29) is 6.04 Å². The third-order valence-corrected chi connectivity index (χ3v) is 1.99. The van der Waals surface area contributed by atoms with Crippen LogP contribution in [0.1, 0.15) is 25.0 Å². The van der Waals surface area contributed by atoms with E-state index < -0.39 is 0 Å². The van der Waals surface area contributed by atoms with Gasteiger partial charge in [-0.05, 0) is 30.9 Å². The van der Waals surface area contributed by atoms with Crippen molar-refractivity contribution in [2.75, 3.05) is 0 Å². The molecule has 0 spiro atoms. The molecule has 0 aliphatic rings. The van der Waals surface area contributed by atoms with Crippen LogP contribution in [0.25, 0.3) is 0 Å². The van der Waals surface area contributed by atoms with E-state index in [1.54, 1.807) is 0 Å². The summed E-state index contributed by atoms with van der Waals surface area (Å²) in [5, 5.41) is 0. The van der Waals surface area contributed by atoms with Crippen LogP contribution in [0.3, 0.4) is 0 Å². The van der Waals surface area contributed by atoms with Crippen molar-refractivity contribution < 1.29 is 0 Å². The molecule has 0 aliphatic carbocycles. The Morgan fingerprint density at radius 3 is 2.08 bits per heavy atom. The number of hydrogen-bond acceptors (Lipinski definition) is 1. The predicted octanol–water partition coefficient (Wildman–Crippen LogP) is 2.14. The summed E-state index contributed by atoms with van der Waals surface area (Å²) >= 11 is 0. The molecule has 1 nitrogen and oxygen atoms in total. The van der Waals surface area contributed by atoms with Gasteiger partial charge in [0.2, 0.25) is 0 Å². The molecular formula is C11H17N. The summed E-state index contributed by atoms with van der Waals surface area (Å²) < 4.78 is 0. The lowest BCUT2D eigenvalue weighted by Gasteiger charge is -2.05. The van der Waals surface area contributed by atoms with Crippen molar-refractivity contribution in [1.82, 2.24) is 0 Å². The van der Waals surface area contributed by atoms with Gasteiger partial charge in [-0.3, -0.25) is 0 Å². The van der Waals surface area contributed by atoms with Crippen molar-refractivity contribution >= 4 is 0 Å². The Balaban J connectivity index is 2.65. The van der Waals surface area contributed by atoms with Gasteiger partial charge in [-0.1, -0.05) is 31.2 Å². The van der Waals surface area contributed by atoms with E-state index in [0.29, 0.717) is 0 Å². The molecule has 1 rings (SSSR count). The molecule has 2 N–H and O–H groups in total. The number of benzene rings is 1. The molecule has 0 fully saturated rings. The number of aryl methyl sites for hydroxylation is 1. The maximum atomic E-state index is 5.69. The second-order valence-corrected chi connectivity index (χ2v) is 3.35. The molecule has 0 radical (unpaired) electrons. The lowest BCUT2D eigenvalue weighted by molar-refractivity contribution is 0.738. The molecule has 1 aromatic rings. The van der Waals surface area contributed by atoms with Crippen molar-refractivity contribution in [1.29, 1.82) is 0 Å². The summed E-state index contributed by atoms with van der Waals surface area (Å²) in [6.45, 7) is 4.20. The Morgan fingerprint density at radius 1 is 1.17 bits per heavy atom. The summed E-state index contributed by atoms with van der Waals surface area (Å²) in [6, 6.07) is 8.96. The number of rotatable bonds is 3. The highest BCUT2D eigenvalue weighted by Crippen LogP contribution is 2.06. The monoisotopic (exact) mass is 163 g/mol. The molecule has 0 heterocycles. The molecule has 0 bridgehead atoms. The van der Waals surface area contributed by atoms with Gasteiger partial charge in [-0.2, -0.15) is 0 Å². The summed E-state index contributed by atoms with van der Waals surface area (Å²) in [4.78, 5) is 0. The largest absolute Gasteiger partial charge is 0.328 e. The van der Waals surface area contributed by atoms with Gasteiger partial charge in [0.1, 0.15) is 0 Å². The SMILES string of the molecule is CCc1ccc(CC(C)N)cc1. The van der Waals surface area contributed by atoms with Crippen molar-refractivity contribution in [3.05, 3.63) is 35.4 Å². The molecule has 0 saturated carbocycles. The Morgan fingerprint density at radius 2 is 1.67 bits per heavy atom. The van der Waals surface area contributed by atoms with Gasteiger partial charge in [0, 0.05) is 6.04 Å². The minimum atomic E-state index is 0.262. The first-order valence-electron chi connectivity index (χ1n) is 4.55. The van der Waals surface area contributed by atoms with Crippen molar-refractivity contribution in [2.24, 2.45) is 5.73 Å². The molecule has 1 aromatic carbocycles. The molecule has 12 heavy (non-hydrogen) atoms. The Hall–Kier alpha value is -0.820. The first kappa shape index (κ1) is 9.27. The van der Waals surface area contributed by atoms with Crippen molar-refractivity contribution in [3.63, 3.8) is 0 Å². The zero-order chi connectivity index (χ0) is 8.97. The molecular weight excluding hydrogens is 146 g/mol. The third kappa shape index (κ3) is 2.67. The van der Waals surface area contributed by atoms with Crippen LogP contribution in [0.15, 0.2) is 24.3 Å². The smallest absolute Gasteiger partial charge is 0.00509 e. The fraction of sp³-hybridized carbons (Fsp3) is 0.455. The van der Waals surface area contributed by atoms with Crippen molar-refractivity contribution in [3.8, 4) is 0 Å². The fourth-order valence-electron chi connectivity index (χ4n) is 1.28. The van der Waals surface area contributed by atoms with E-state index in [9.17, 15) is 0 Å². The number of nitrogens with two attached hydrogens (primary N) is 1. The first-order chi connectivity index (χ1) is 5.72. The molecule has 1 unspecified atom stereocenters. The van der Waals surface area contributed by atoms with E-state index in [2.05, 4.69) is 31.2 Å². The van der Waals surface area contributed by atoms with Gasteiger partial charge >= 0.3 is 0 Å².